The molecule has 36 heavy (non-hydrogen) atoms. The molecule has 1 amide bonds. The average Bonchev–Trinajstić information content (AvgIpc) is 3.47. The summed E-state index contributed by atoms with van der Waals surface area (Å²) in [6, 6.07) is 14.0. The number of hydrogen-bond donors (Lipinski definition) is 0. The molecule has 0 aromatic heterocycles. The van der Waals surface area contributed by atoms with Crippen LogP contribution in [0.1, 0.15) is 44.7 Å². The zero-order chi connectivity index (χ0) is 25.4. The Kier molecular flexibility index (Phi) is 6.70. The summed E-state index contributed by atoms with van der Waals surface area (Å²) >= 11 is 1.41. The van der Waals surface area contributed by atoms with E-state index in [1.165, 1.54) is 17.3 Å². The summed E-state index contributed by atoms with van der Waals surface area (Å²) < 4.78 is 11.6. The summed E-state index contributed by atoms with van der Waals surface area (Å²) in [6.07, 6.45) is 6.25. The molecule has 0 bridgehead atoms. The maximum Gasteiger partial charge on any atom is 0.266 e. The second kappa shape index (κ2) is 9.79. The first-order chi connectivity index (χ1) is 17.3. The minimum absolute atomic E-state index is 0.0415. The van der Waals surface area contributed by atoms with E-state index in [0.717, 1.165) is 47.7 Å². The molecule has 2 aromatic rings. The fourth-order valence-corrected chi connectivity index (χ4v) is 5.98. The number of aliphatic imine (C=N–C) groups is 1. The lowest BCUT2D eigenvalue weighted by atomic mass is 9.88. The van der Waals surface area contributed by atoms with Gasteiger partial charge < -0.3 is 14.4 Å². The second-order valence-electron chi connectivity index (χ2n) is 10.0. The van der Waals surface area contributed by atoms with Gasteiger partial charge in [-0.1, -0.05) is 24.3 Å². The molecule has 0 radical (unpaired) electrons. The highest BCUT2D eigenvalue weighted by molar-refractivity contribution is 8.18. The number of amides is 1. The van der Waals surface area contributed by atoms with Gasteiger partial charge in [0.25, 0.3) is 5.91 Å². The molecule has 0 spiro atoms. The summed E-state index contributed by atoms with van der Waals surface area (Å²) in [5.41, 5.74) is 5.10. The van der Waals surface area contributed by atoms with Crippen LogP contribution in [-0.4, -0.2) is 54.9 Å². The van der Waals surface area contributed by atoms with E-state index < -0.39 is 0 Å². The Labute approximate surface area is 217 Å². The lowest BCUT2D eigenvalue weighted by molar-refractivity contribution is -0.123. The van der Waals surface area contributed by atoms with Gasteiger partial charge >= 0.3 is 0 Å². The Balaban J connectivity index is 1.54. The number of hydrogen-bond acceptors (Lipinski definition) is 6. The van der Waals surface area contributed by atoms with Gasteiger partial charge in [0.1, 0.15) is 5.75 Å². The number of rotatable bonds is 5. The number of anilines is 1. The minimum atomic E-state index is -0.0923. The molecule has 0 saturated carbocycles. The first-order valence-corrected chi connectivity index (χ1v) is 13.2. The normalized spacial score (nSPS) is 23.4. The predicted molar refractivity (Wildman–Crippen MR) is 149 cm³/mol. The number of para-hydroxylation sites is 1. The van der Waals surface area contributed by atoms with Crippen molar-refractivity contribution in [3.8, 4) is 5.75 Å². The van der Waals surface area contributed by atoms with Gasteiger partial charge in [-0.3, -0.25) is 9.69 Å². The zero-order valence-electron chi connectivity index (χ0n) is 21.6. The van der Waals surface area contributed by atoms with E-state index in [0.29, 0.717) is 16.6 Å². The fourth-order valence-electron chi connectivity index (χ4n) is 4.98. The van der Waals surface area contributed by atoms with Crippen molar-refractivity contribution in [3.05, 3.63) is 64.6 Å². The number of ether oxygens (including phenoxy) is 2. The molecular weight excluding hydrogens is 470 g/mol. The van der Waals surface area contributed by atoms with Crippen LogP contribution in [-0.2, 0) is 9.53 Å². The standard InChI is InChI=1S/C29H33N3O3S/c1-19-17-29(2,3)31(4)24-16-25(34-5)20(14-23(19)24)15-26-27(33)32(18-22-12-9-13-35-22)28(36-26)30-21-10-7-6-8-11-21/h6-8,10-11,14-17,22H,9,12-13,18H2,1-5H3/b26-15+,30-28?. The fraction of sp³-hybridized carbons (Fsp3) is 0.379. The van der Waals surface area contributed by atoms with Gasteiger partial charge in [0.15, 0.2) is 5.17 Å². The van der Waals surface area contributed by atoms with Crippen LogP contribution in [0.25, 0.3) is 11.6 Å². The van der Waals surface area contributed by atoms with Crippen LogP contribution >= 0.6 is 11.8 Å². The number of methoxy groups -OCH3 is 1. The largest absolute Gasteiger partial charge is 0.496 e. The summed E-state index contributed by atoms with van der Waals surface area (Å²) in [4.78, 5) is 23.1. The van der Waals surface area contributed by atoms with Crippen LogP contribution in [0.4, 0.5) is 11.4 Å². The van der Waals surface area contributed by atoms with Gasteiger partial charge in [0, 0.05) is 36.5 Å². The van der Waals surface area contributed by atoms with Crippen LogP contribution in [0, 0.1) is 0 Å². The molecule has 7 heteroatoms. The number of fused-ring (bicyclic) bond motifs is 1. The average molecular weight is 504 g/mol. The van der Waals surface area contributed by atoms with E-state index in [1.54, 1.807) is 12.0 Å². The highest BCUT2D eigenvalue weighted by Crippen LogP contribution is 2.43. The third-order valence-electron chi connectivity index (χ3n) is 7.13. The van der Waals surface area contributed by atoms with E-state index in [-0.39, 0.29) is 17.6 Å². The maximum atomic E-state index is 13.6. The third kappa shape index (κ3) is 4.70. The monoisotopic (exact) mass is 503 g/mol. The molecule has 3 aliphatic rings. The van der Waals surface area contributed by atoms with Gasteiger partial charge in [-0.25, -0.2) is 4.99 Å². The Morgan fingerprint density at radius 2 is 2.03 bits per heavy atom. The minimum Gasteiger partial charge on any atom is -0.496 e. The van der Waals surface area contributed by atoms with E-state index in [4.69, 9.17) is 14.5 Å². The molecule has 3 aliphatic heterocycles. The molecule has 3 heterocycles. The molecule has 188 valence electrons. The lowest BCUT2D eigenvalue weighted by Crippen LogP contribution is -2.42. The van der Waals surface area contributed by atoms with Gasteiger partial charge in [-0.05, 0) is 75.2 Å². The Morgan fingerprint density at radius 3 is 2.72 bits per heavy atom. The quantitative estimate of drug-likeness (QED) is 0.461. The molecule has 6 nitrogen and oxygen atoms in total. The Bertz CT molecular complexity index is 1260. The molecule has 1 atom stereocenters. The first kappa shape index (κ1) is 24.7. The third-order valence-corrected chi connectivity index (χ3v) is 8.14. The van der Waals surface area contributed by atoms with Crippen molar-refractivity contribution in [2.24, 2.45) is 4.99 Å². The van der Waals surface area contributed by atoms with Crippen LogP contribution < -0.4 is 9.64 Å². The number of thioether (sulfide) groups is 1. The van der Waals surface area contributed by atoms with Crippen LogP contribution in [0.5, 0.6) is 5.75 Å². The van der Waals surface area contributed by atoms with Crippen molar-refractivity contribution in [2.75, 3.05) is 32.2 Å². The molecule has 2 saturated heterocycles. The van der Waals surface area contributed by atoms with Crippen LogP contribution in [0.2, 0.25) is 0 Å². The van der Waals surface area contributed by atoms with Gasteiger partial charge in [-0.15, -0.1) is 0 Å². The molecule has 0 N–H and O–H groups in total. The molecule has 5 rings (SSSR count). The molecule has 1 unspecified atom stereocenters. The van der Waals surface area contributed by atoms with Crippen LogP contribution in [0.15, 0.2) is 58.4 Å². The number of carbonyl (C=O) groups excluding carboxylic acids is 1. The SMILES string of the molecule is COc1cc2c(cc1/C=C1/SC(=Nc3ccccc3)N(CC3CCCO3)C1=O)C(C)=CC(C)(C)N2C. The van der Waals surface area contributed by atoms with Gasteiger partial charge in [-0.2, -0.15) is 0 Å². The van der Waals surface area contributed by atoms with E-state index >= 15 is 0 Å². The van der Waals surface area contributed by atoms with E-state index in [9.17, 15) is 4.79 Å². The number of benzene rings is 2. The highest BCUT2D eigenvalue weighted by Gasteiger charge is 2.36. The summed E-state index contributed by atoms with van der Waals surface area (Å²) in [5, 5.41) is 0.683. The molecule has 2 aromatic carbocycles. The number of likely N-dealkylation sites (N-methyl/N-ethyl adjacent to an activating group) is 1. The second-order valence-corrected chi connectivity index (χ2v) is 11.1. The topological polar surface area (TPSA) is 54.4 Å². The van der Waals surface area contributed by atoms with Crippen LogP contribution in [0.3, 0.4) is 0 Å². The lowest BCUT2D eigenvalue weighted by Gasteiger charge is -2.41. The molecule has 2 fully saturated rings. The summed E-state index contributed by atoms with van der Waals surface area (Å²) in [6.45, 7) is 7.80. The maximum absolute atomic E-state index is 13.6. The van der Waals surface area contributed by atoms with E-state index in [1.807, 2.05) is 36.4 Å². The molecular formula is C29H33N3O3S. The number of nitrogens with zero attached hydrogens (tertiary/aromatic N) is 3. The summed E-state index contributed by atoms with van der Waals surface area (Å²) in [5.74, 6) is 0.696. The van der Waals surface area contributed by atoms with E-state index in [2.05, 4.69) is 50.9 Å². The Hall–Kier alpha value is -3.03. The van der Waals surface area contributed by atoms with Gasteiger partial charge in [0.2, 0.25) is 0 Å². The Morgan fingerprint density at radius 1 is 1.25 bits per heavy atom. The zero-order valence-corrected chi connectivity index (χ0v) is 22.4. The summed E-state index contributed by atoms with van der Waals surface area (Å²) in [7, 11) is 3.78. The van der Waals surface area contributed by atoms with Crippen molar-refractivity contribution in [2.45, 2.75) is 45.3 Å². The molecule has 0 aliphatic carbocycles. The number of carbonyl (C=O) groups is 1. The predicted octanol–water partition coefficient (Wildman–Crippen LogP) is 6.11. The highest BCUT2D eigenvalue weighted by atomic mass is 32.2. The smallest absolute Gasteiger partial charge is 0.266 e. The van der Waals surface area contributed by atoms with Crippen molar-refractivity contribution >= 4 is 45.9 Å². The van der Waals surface area contributed by atoms with Crippen molar-refractivity contribution in [1.29, 1.82) is 0 Å². The van der Waals surface area contributed by atoms with Crippen molar-refractivity contribution in [1.82, 2.24) is 4.90 Å². The number of allylic oxidation sites excluding steroid dienone is 1. The number of amidine groups is 1. The van der Waals surface area contributed by atoms with Crippen molar-refractivity contribution in [3.63, 3.8) is 0 Å². The van der Waals surface area contributed by atoms with Crippen molar-refractivity contribution < 1.29 is 14.3 Å². The first-order valence-electron chi connectivity index (χ1n) is 12.4. The van der Waals surface area contributed by atoms with Gasteiger partial charge in [0.05, 0.1) is 35.9 Å².